The first-order valence-electron chi connectivity index (χ1n) is 7.76. The highest BCUT2D eigenvalue weighted by Gasteiger charge is 2.29. The average molecular weight is 391 g/mol. The van der Waals surface area contributed by atoms with Crippen LogP contribution in [0.2, 0.25) is 0 Å². The maximum atomic E-state index is 12.2. The van der Waals surface area contributed by atoms with Gasteiger partial charge in [0.05, 0.1) is 6.20 Å². The molecule has 2 atom stereocenters. The van der Waals surface area contributed by atoms with E-state index in [2.05, 4.69) is 59.5 Å². The van der Waals surface area contributed by atoms with Crippen LogP contribution in [0, 0.1) is 0 Å². The van der Waals surface area contributed by atoms with Crippen molar-refractivity contribution >= 4 is 27.7 Å². The van der Waals surface area contributed by atoms with Gasteiger partial charge in [0.2, 0.25) is 5.91 Å². The Hall–Kier alpha value is -2.03. The zero-order valence-electron chi connectivity index (χ0n) is 13.0. The second-order valence-corrected chi connectivity index (χ2v) is 6.41. The number of hydrogen-bond acceptors (Lipinski definition) is 6. The smallest absolute Gasteiger partial charge is 0.238 e. The molecule has 24 heavy (non-hydrogen) atoms. The number of hydrogen-bond donors (Lipinski definition) is 4. The molecular formula is C16H19BrN6O. The molecule has 1 aliphatic heterocycles. The van der Waals surface area contributed by atoms with E-state index in [1.54, 1.807) is 18.6 Å². The number of halogens is 1. The Balaban J connectivity index is 1.40. The summed E-state index contributed by atoms with van der Waals surface area (Å²) in [5, 5.41) is 6.02. The fourth-order valence-corrected chi connectivity index (χ4v) is 2.80. The van der Waals surface area contributed by atoms with Crippen molar-refractivity contribution in [1.29, 1.82) is 0 Å². The number of hydrazine groups is 1. The largest absolute Gasteiger partial charge is 0.367 e. The molecule has 2 heterocycles. The van der Waals surface area contributed by atoms with E-state index in [0.717, 1.165) is 10.0 Å². The molecule has 1 amide bonds. The topological polar surface area (TPSA) is 91.0 Å². The molecule has 2 unspecified atom stereocenters. The fraction of sp³-hybridized carbons (Fsp3) is 0.312. The second kappa shape index (κ2) is 8.18. The van der Waals surface area contributed by atoms with Gasteiger partial charge in [-0.3, -0.25) is 9.78 Å². The van der Waals surface area contributed by atoms with Gasteiger partial charge in [-0.1, -0.05) is 28.1 Å². The maximum Gasteiger partial charge on any atom is 0.238 e. The molecule has 1 aromatic heterocycles. The van der Waals surface area contributed by atoms with Crippen molar-refractivity contribution in [3.63, 3.8) is 0 Å². The molecular weight excluding hydrogens is 372 g/mol. The summed E-state index contributed by atoms with van der Waals surface area (Å²) in [7, 11) is 0. The van der Waals surface area contributed by atoms with E-state index in [0.29, 0.717) is 25.3 Å². The Morgan fingerprint density at radius 2 is 2.04 bits per heavy atom. The van der Waals surface area contributed by atoms with Crippen LogP contribution >= 0.6 is 15.9 Å². The van der Waals surface area contributed by atoms with E-state index < -0.39 is 0 Å². The van der Waals surface area contributed by atoms with Gasteiger partial charge in [0.25, 0.3) is 0 Å². The number of nitrogens with zero attached hydrogens (tertiary/aromatic N) is 2. The van der Waals surface area contributed by atoms with Crippen LogP contribution in [0.5, 0.6) is 0 Å². The molecule has 1 fully saturated rings. The third-order valence-corrected chi connectivity index (χ3v) is 4.31. The van der Waals surface area contributed by atoms with Crippen LogP contribution in [0.3, 0.4) is 0 Å². The predicted molar refractivity (Wildman–Crippen MR) is 95.1 cm³/mol. The first kappa shape index (κ1) is 16.8. The summed E-state index contributed by atoms with van der Waals surface area (Å²) in [5.74, 6) is 0.686. The van der Waals surface area contributed by atoms with Crippen LogP contribution in [-0.2, 0) is 4.79 Å². The number of carbonyl (C=O) groups is 1. The van der Waals surface area contributed by atoms with E-state index in [4.69, 9.17) is 0 Å². The summed E-state index contributed by atoms with van der Waals surface area (Å²) in [6.07, 6.45) is 5.60. The van der Waals surface area contributed by atoms with Crippen molar-refractivity contribution < 1.29 is 4.79 Å². The number of benzene rings is 1. The molecule has 1 saturated heterocycles. The highest BCUT2D eigenvalue weighted by molar-refractivity contribution is 9.10. The minimum absolute atomic E-state index is 0.0111. The van der Waals surface area contributed by atoms with Crippen LogP contribution in [0.15, 0.2) is 47.3 Å². The summed E-state index contributed by atoms with van der Waals surface area (Å²) in [6.45, 7) is 1.12. The highest BCUT2D eigenvalue weighted by Crippen LogP contribution is 2.23. The molecule has 1 aliphatic rings. The summed E-state index contributed by atoms with van der Waals surface area (Å²) in [5.41, 5.74) is 7.40. The lowest BCUT2D eigenvalue weighted by Gasteiger charge is -2.11. The summed E-state index contributed by atoms with van der Waals surface area (Å²) in [4.78, 5) is 20.3. The minimum Gasteiger partial charge on any atom is -0.367 e. The molecule has 4 N–H and O–H groups in total. The SMILES string of the molecule is O=C(NCCNc1cnccn1)C1CC(c2ccc(Br)cc2)NN1. The Morgan fingerprint density at radius 3 is 2.79 bits per heavy atom. The molecule has 0 aliphatic carbocycles. The van der Waals surface area contributed by atoms with Gasteiger partial charge < -0.3 is 10.6 Å². The molecule has 0 saturated carbocycles. The second-order valence-electron chi connectivity index (χ2n) is 5.49. The van der Waals surface area contributed by atoms with Gasteiger partial charge in [-0.15, -0.1) is 0 Å². The predicted octanol–water partition coefficient (Wildman–Crippen LogP) is 1.37. The third kappa shape index (κ3) is 4.50. The molecule has 126 valence electrons. The van der Waals surface area contributed by atoms with Gasteiger partial charge in [0.15, 0.2) is 0 Å². The molecule has 8 heteroatoms. The van der Waals surface area contributed by atoms with Gasteiger partial charge in [-0.2, -0.15) is 0 Å². The molecule has 3 rings (SSSR count). The van der Waals surface area contributed by atoms with Crippen molar-refractivity contribution in [3.05, 3.63) is 52.9 Å². The van der Waals surface area contributed by atoms with Crippen molar-refractivity contribution in [2.45, 2.75) is 18.5 Å². The molecule has 0 spiro atoms. The Bertz CT molecular complexity index is 666. The minimum atomic E-state index is -0.241. The Labute approximate surface area is 148 Å². The monoisotopic (exact) mass is 390 g/mol. The highest BCUT2D eigenvalue weighted by atomic mass is 79.9. The van der Waals surface area contributed by atoms with E-state index in [1.165, 1.54) is 0 Å². The summed E-state index contributed by atoms with van der Waals surface area (Å²) >= 11 is 3.43. The molecule has 0 bridgehead atoms. The third-order valence-electron chi connectivity index (χ3n) is 3.79. The zero-order chi connectivity index (χ0) is 16.8. The van der Waals surface area contributed by atoms with Crippen molar-refractivity contribution in [2.24, 2.45) is 0 Å². The molecule has 0 radical (unpaired) electrons. The van der Waals surface area contributed by atoms with Crippen LogP contribution < -0.4 is 21.5 Å². The lowest BCUT2D eigenvalue weighted by molar-refractivity contribution is -0.122. The Kier molecular flexibility index (Phi) is 5.73. The van der Waals surface area contributed by atoms with Gasteiger partial charge in [0.1, 0.15) is 11.9 Å². The lowest BCUT2D eigenvalue weighted by Crippen LogP contribution is -2.44. The Morgan fingerprint density at radius 1 is 1.21 bits per heavy atom. The number of amides is 1. The number of carbonyl (C=O) groups excluding carboxylic acids is 1. The molecule has 1 aromatic carbocycles. The number of nitrogens with one attached hydrogen (secondary N) is 4. The van der Waals surface area contributed by atoms with E-state index in [-0.39, 0.29) is 18.0 Å². The zero-order valence-corrected chi connectivity index (χ0v) is 14.6. The first-order valence-corrected chi connectivity index (χ1v) is 8.56. The van der Waals surface area contributed by atoms with Crippen LogP contribution in [0.1, 0.15) is 18.0 Å². The fourth-order valence-electron chi connectivity index (χ4n) is 2.53. The first-order chi connectivity index (χ1) is 11.7. The van der Waals surface area contributed by atoms with E-state index in [1.807, 2.05) is 12.1 Å². The normalized spacial score (nSPS) is 19.9. The van der Waals surface area contributed by atoms with Gasteiger partial charge >= 0.3 is 0 Å². The number of aromatic nitrogens is 2. The van der Waals surface area contributed by atoms with Gasteiger partial charge in [-0.05, 0) is 24.1 Å². The maximum absolute atomic E-state index is 12.2. The van der Waals surface area contributed by atoms with Crippen molar-refractivity contribution in [1.82, 2.24) is 26.1 Å². The van der Waals surface area contributed by atoms with Gasteiger partial charge in [0, 0.05) is 36.0 Å². The standard InChI is InChI=1S/C16H19BrN6O/c17-12-3-1-11(2-4-12)13-9-14(23-22-13)16(24)21-8-7-20-15-10-18-5-6-19-15/h1-6,10,13-14,22-23H,7-9H2,(H,19,20)(H,21,24). The summed E-state index contributed by atoms with van der Waals surface area (Å²) in [6, 6.07) is 8.00. The van der Waals surface area contributed by atoms with Crippen LogP contribution in [0.4, 0.5) is 5.82 Å². The molecule has 7 nitrogen and oxygen atoms in total. The molecule has 2 aromatic rings. The quantitative estimate of drug-likeness (QED) is 0.557. The number of rotatable bonds is 6. The van der Waals surface area contributed by atoms with E-state index in [9.17, 15) is 4.79 Å². The van der Waals surface area contributed by atoms with Crippen LogP contribution in [-0.4, -0.2) is 35.0 Å². The number of anilines is 1. The van der Waals surface area contributed by atoms with Crippen molar-refractivity contribution in [2.75, 3.05) is 18.4 Å². The van der Waals surface area contributed by atoms with E-state index >= 15 is 0 Å². The lowest BCUT2D eigenvalue weighted by atomic mass is 10.0. The van der Waals surface area contributed by atoms with Gasteiger partial charge in [-0.25, -0.2) is 15.8 Å². The van der Waals surface area contributed by atoms with Crippen molar-refractivity contribution in [3.8, 4) is 0 Å². The summed E-state index contributed by atoms with van der Waals surface area (Å²) < 4.78 is 1.04. The van der Waals surface area contributed by atoms with Crippen LogP contribution in [0.25, 0.3) is 0 Å². The average Bonchev–Trinajstić information content (AvgIpc) is 3.10.